The van der Waals surface area contributed by atoms with E-state index in [0.29, 0.717) is 5.92 Å². The van der Waals surface area contributed by atoms with Crippen molar-refractivity contribution in [3.05, 3.63) is 56.5 Å². The van der Waals surface area contributed by atoms with Gasteiger partial charge in [-0.1, -0.05) is 26.0 Å². The summed E-state index contributed by atoms with van der Waals surface area (Å²) >= 11 is 7.06. The zero-order valence-corrected chi connectivity index (χ0v) is 15.6. The molecular formula is C17H19Br2NO. The van der Waals surface area contributed by atoms with Crippen LogP contribution in [0.2, 0.25) is 0 Å². The van der Waals surface area contributed by atoms with Gasteiger partial charge in [0.2, 0.25) is 0 Å². The van der Waals surface area contributed by atoms with E-state index in [2.05, 4.69) is 87.4 Å². The predicted octanol–water partition coefficient (Wildman–Crippen LogP) is 5.96. The first-order valence-corrected chi connectivity index (χ1v) is 8.45. The van der Waals surface area contributed by atoms with Crippen molar-refractivity contribution >= 4 is 37.5 Å². The molecule has 21 heavy (non-hydrogen) atoms. The number of hydrogen-bond acceptors (Lipinski definition) is 2. The predicted molar refractivity (Wildman–Crippen MR) is 96.3 cm³/mol. The third-order valence-corrected chi connectivity index (χ3v) is 4.49. The molecule has 0 spiro atoms. The zero-order chi connectivity index (χ0) is 15.4. The van der Waals surface area contributed by atoms with Crippen LogP contribution in [0, 0.1) is 0 Å². The zero-order valence-electron chi connectivity index (χ0n) is 12.4. The van der Waals surface area contributed by atoms with Crippen LogP contribution in [0.4, 0.5) is 5.69 Å². The molecule has 0 unspecified atom stereocenters. The molecule has 0 radical (unpaired) electrons. The first-order valence-electron chi connectivity index (χ1n) is 6.87. The van der Waals surface area contributed by atoms with Crippen LogP contribution in [0.15, 0.2) is 45.3 Å². The van der Waals surface area contributed by atoms with Gasteiger partial charge in [0.15, 0.2) is 0 Å². The summed E-state index contributed by atoms with van der Waals surface area (Å²) in [5, 5.41) is 3.47. The van der Waals surface area contributed by atoms with Gasteiger partial charge in [0, 0.05) is 12.2 Å². The SMILES string of the molecule is COc1c(Br)cc(CNc2cccc(C(C)C)c2)cc1Br. The van der Waals surface area contributed by atoms with E-state index < -0.39 is 0 Å². The molecule has 0 heterocycles. The Balaban J connectivity index is 2.11. The van der Waals surface area contributed by atoms with Crippen LogP contribution in [-0.4, -0.2) is 7.11 Å². The fourth-order valence-corrected chi connectivity index (χ4v) is 3.73. The Bertz CT molecular complexity index is 603. The van der Waals surface area contributed by atoms with Crippen molar-refractivity contribution in [2.45, 2.75) is 26.3 Å². The Hall–Kier alpha value is -1.00. The van der Waals surface area contributed by atoms with Crippen molar-refractivity contribution in [3.8, 4) is 5.75 Å². The quantitative estimate of drug-likeness (QED) is 0.654. The molecule has 2 aromatic carbocycles. The van der Waals surface area contributed by atoms with E-state index in [1.807, 2.05) is 0 Å². The average molecular weight is 413 g/mol. The van der Waals surface area contributed by atoms with E-state index in [0.717, 1.165) is 26.9 Å². The summed E-state index contributed by atoms with van der Waals surface area (Å²) < 4.78 is 7.22. The number of halogens is 2. The Kier molecular flexibility index (Phi) is 5.71. The van der Waals surface area contributed by atoms with Crippen LogP contribution < -0.4 is 10.1 Å². The molecule has 0 saturated heterocycles. The second kappa shape index (κ2) is 7.32. The minimum Gasteiger partial charge on any atom is -0.494 e. The number of anilines is 1. The van der Waals surface area contributed by atoms with Crippen LogP contribution in [0.1, 0.15) is 30.9 Å². The highest BCUT2D eigenvalue weighted by Crippen LogP contribution is 2.34. The lowest BCUT2D eigenvalue weighted by Gasteiger charge is -2.12. The maximum Gasteiger partial charge on any atom is 0.147 e. The Labute approximate surface area is 143 Å². The normalized spacial score (nSPS) is 10.8. The van der Waals surface area contributed by atoms with Gasteiger partial charge in [-0.05, 0) is 73.2 Å². The van der Waals surface area contributed by atoms with Crippen LogP contribution in [0.25, 0.3) is 0 Å². The Morgan fingerprint density at radius 1 is 1.10 bits per heavy atom. The Morgan fingerprint density at radius 2 is 1.76 bits per heavy atom. The fourth-order valence-electron chi connectivity index (χ4n) is 2.12. The van der Waals surface area contributed by atoms with Gasteiger partial charge in [0.05, 0.1) is 16.1 Å². The number of methoxy groups -OCH3 is 1. The summed E-state index contributed by atoms with van der Waals surface area (Å²) in [5.41, 5.74) is 3.67. The molecule has 0 aliphatic carbocycles. The van der Waals surface area contributed by atoms with Crippen molar-refractivity contribution in [2.24, 2.45) is 0 Å². The minimum atomic E-state index is 0.538. The van der Waals surface area contributed by atoms with Crippen LogP contribution in [0.3, 0.4) is 0 Å². The van der Waals surface area contributed by atoms with Crippen molar-refractivity contribution in [3.63, 3.8) is 0 Å². The second-order valence-corrected chi connectivity index (χ2v) is 6.94. The van der Waals surface area contributed by atoms with Crippen LogP contribution in [-0.2, 0) is 6.54 Å². The molecule has 0 saturated carbocycles. The fraction of sp³-hybridized carbons (Fsp3) is 0.294. The maximum absolute atomic E-state index is 5.32. The summed E-state index contributed by atoms with van der Waals surface area (Å²) in [7, 11) is 1.67. The summed E-state index contributed by atoms with van der Waals surface area (Å²) in [6.45, 7) is 5.18. The molecule has 0 amide bonds. The summed E-state index contributed by atoms with van der Waals surface area (Å²) in [5.74, 6) is 1.36. The number of hydrogen-bond donors (Lipinski definition) is 1. The number of ether oxygens (including phenoxy) is 1. The third-order valence-electron chi connectivity index (χ3n) is 3.31. The molecule has 0 aromatic heterocycles. The molecule has 0 atom stereocenters. The molecule has 1 N–H and O–H groups in total. The summed E-state index contributed by atoms with van der Waals surface area (Å²) in [6, 6.07) is 12.7. The highest BCUT2D eigenvalue weighted by atomic mass is 79.9. The highest BCUT2D eigenvalue weighted by molar-refractivity contribution is 9.11. The highest BCUT2D eigenvalue weighted by Gasteiger charge is 2.08. The average Bonchev–Trinajstić information content (AvgIpc) is 2.45. The molecule has 0 aliphatic rings. The van der Waals surface area contributed by atoms with Gasteiger partial charge in [0.25, 0.3) is 0 Å². The summed E-state index contributed by atoms with van der Waals surface area (Å²) in [4.78, 5) is 0. The van der Waals surface area contributed by atoms with Gasteiger partial charge in [-0.2, -0.15) is 0 Å². The number of benzene rings is 2. The number of rotatable bonds is 5. The largest absolute Gasteiger partial charge is 0.494 e. The first-order chi connectivity index (χ1) is 10.0. The lowest BCUT2D eigenvalue weighted by Crippen LogP contribution is -2.01. The van der Waals surface area contributed by atoms with E-state index in [1.165, 1.54) is 11.1 Å². The van der Waals surface area contributed by atoms with Crippen LogP contribution >= 0.6 is 31.9 Å². The molecule has 4 heteroatoms. The lowest BCUT2D eigenvalue weighted by molar-refractivity contribution is 0.409. The standard InChI is InChI=1S/C17H19Br2NO/c1-11(2)13-5-4-6-14(9-13)20-10-12-7-15(18)17(21-3)16(19)8-12/h4-9,11,20H,10H2,1-3H3. The summed E-state index contributed by atoms with van der Waals surface area (Å²) in [6.07, 6.45) is 0. The van der Waals surface area contributed by atoms with Gasteiger partial charge >= 0.3 is 0 Å². The van der Waals surface area contributed by atoms with Crippen molar-refractivity contribution < 1.29 is 4.74 Å². The molecule has 0 aliphatic heterocycles. The van der Waals surface area contributed by atoms with E-state index in [1.54, 1.807) is 7.11 Å². The molecule has 2 rings (SSSR count). The van der Waals surface area contributed by atoms with Gasteiger partial charge in [0.1, 0.15) is 5.75 Å². The molecule has 0 bridgehead atoms. The molecular weight excluding hydrogens is 394 g/mol. The minimum absolute atomic E-state index is 0.538. The molecule has 2 aromatic rings. The smallest absolute Gasteiger partial charge is 0.147 e. The monoisotopic (exact) mass is 411 g/mol. The molecule has 112 valence electrons. The van der Waals surface area contributed by atoms with E-state index in [9.17, 15) is 0 Å². The first kappa shape index (κ1) is 16.4. The van der Waals surface area contributed by atoms with Crippen LogP contribution in [0.5, 0.6) is 5.75 Å². The van der Waals surface area contributed by atoms with Gasteiger partial charge < -0.3 is 10.1 Å². The lowest BCUT2D eigenvalue weighted by atomic mass is 10.0. The van der Waals surface area contributed by atoms with Crippen molar-refractivity contribution in [1.29, 1.82) is 0 Å². The van der Waals surface area contributed by atoms with E-state index in [-0.39, 0.29) is 0 Å². The van der Waals surface area contributed by atoms with Crippen molar-refractivity contribution in [2.75, 3.05) is 12.4 Å². The third kappa shape index (κ3) is 4.24. The van der Waals surface area contributed by atoms with E-state index >= 15 is 0 Å². The molecule has 0 fully saturated rings. The second-order valence-electron chi connectivity index (χ2n) is 5.23. The van der Waals surface area contributed by atoms with E-state index in [4.69, 9.17) is 4.74 Å². The van der Waals surface area contributed by atoms with Gasteiger partial charge in [-0.15, -0.1) is 0 Å². The van der Waals surface area contributed by atoms with Gasteiger partial charge in [-0.3, -0.25) is 0 Å². The van der Waals surface area contributed by atoms with Gasteiger partial charge in [-0.25, -0.2) is 0 Å². The topological polar surface area (TPSA) is 21.3 Å². The number of nitrogens with one attached hydrogen (secondary N) is 1. The molecule has 2 nitrogen and oxygen atoms in total. The van der Waals surface area contributed by atoms with Crippen molar-refractivity contribution in [1.82, 2.24) is 0 Å². The Morgan fingerprint density at radius 3 is 2.33 bits per heavy atom. The maximum atomic E-state index is 5.32.